The van der Waals surface area contributed by atoms with Crippen molar-refractivity contribution in [3.05, 3.63) is 35.4 Å². The molecule has 0 bridgehead atoms. The summed E-state index contributed by atoms with van der Waals surface area (Å²) in [6.45, 7) is 2.18. The van der Waals surface area contributed by atoms with Crippen LogP contribution in [0.4, 0.5) is 0 Å². The topological polar surface area (TPSA) is 41.5 Å². The lowest BCUT2D eigenvalue weighted by Gasteiger charge is -2.22. The summed E-state index contributed by atoms with van der Waals surface area (Å²) in [5, 5.41) is 13.6. The van der Waals surface area contributed by atoms with Crippen LogP contribution in [0.5, 0.6) is 0 Å². The van der Waals surface area contributed by atoms with E-state index in [0.29, 0.717) is 13.2 Å². The zero-order chi connectivity index (χ0) is 12.8. The molecule has 1 fully saturated rings. The molecule has 0 amide bonds. The van der Waals surface area contributed by atoms with Gasteiger partial charge < -0.3 is 15.2 Å². The largest absolute Gasteiger partial charge is 0.389 e. The fourth-order valence-corrected chi connectivity index (χ4v) is 2.57. The number of hydrogen-bond acceptors (Lipinski definition) is 3. The van der Waals surface area contributed by atoms with E-state index < -0.39 is 5.60 Å². The summed E-state index contributed by atoms with van der Waals surface area (Å²) < 4.78 is 5.08. The van der Waals surface area contributed by atoms with Crippen LogP contribution in [0.2, 0.25) is 0 Å². The minimum absolute atomic E-state index is 0.462. The highest BCUT2D eigenvalue weighted by Gasteiger charge is 2.30. The fraction of sp³-hybridized carbons (Fsp3) is 0.600. The zero-order valence-electron chi connectivity index (χ0n) is 11.1. The highest BCUT2D eigenvalue weighted by atomic mass is 16.5. The monoisotopic (exact) mass is 249 g/mol. The maximum absolute atomic E-state index is 10.2. The van der Waals surface area contributed by atoms with Crippen LogP contribution in [0.3, 0.4) is 0 Å². The van der Waals surface area contributed by atoms with Crippen molar-refractivity contribution in [2.24, 2.45) is 0 Å². The van der Waals surface area contributed by atoms with E-state index in [1.54, 1.807) is 7.11 Å². The van der Waals surface area contributed by atoms with Crippen molar-refractivity contribution in [1.29, 1.82) is 0 Å². The van der Waals surface area contributed by atoms with Crippen LogP contribution in [0.15, 0.2) is 24.3 Å². The minimum Gasteiger partial charge on any atom is -0.389 e. The van der Waals surface area contributed by atoms with Gasteiger partial charge in [0.05, 0.1) is 12.2 Å². The van der Waals surface area contributed by atoms with Crippen LogP contribution >= 0.6 is 0 Å². The van der Waals surface area contributed by atoms with E-state index in [-0.39, 0.29) is 0 Å². The molecule has 1 aliphatic carbocycles. The van der Waals surface area contributed by atoms with E-state index in [1.165, 1.54) is 11.1 Å². The number of hydrogen-bond donors (Lipinski definition) is 2. The number of methoxy groups -OCH3 is 1. The minimum atomic E-state index is -0.462. The first-order valence-electron chi connectivity index (χ1n) is 6.72. The molecule has 2 N–H and O–H groups in total. The van der Waals surface area contributed by atoms with Crippen molar-refractivity contribution in [2.45, 2.75) is 44.4 Å². The van der Waals surface area contributed by atoms with Gasteiger partial charge in [-0.2, -0.15) is 0 Å². The molecule has 0 heterocycles. The number of nitrogens with one attached hydrogen (secondary N) is 1. The van der Waals surface area contributed by atoms with E-state index >= 15 is 0 Å². The standard InChI is InChI=1S/C15H23NO2/c1-18-11-14-6-4-13(5-7-14)10-16-12-15(17)8-2-3-9-15/h4-7,16-17H,2-3,8-12H2,1H3. The highest BCUT2D eigenvalue weighted by Crippen LogP contribution is 2.28. The molecular weight excluding hydrogens is 226 g/mol. The first kappa shape index (κ1) is 13.5. The maximum Gasteiger partial charge on any atom is 0.0771 e. The second-order valence-corrected chi connectivity index (χ2v) is 5.28. The van der Waals surface area contributed by atoms with Crippen LogP contribution in [0, 0.1) is 0 Å². The first-order chi connectivity index (χ1) is 8.72. The third kappa shape index (κ3) is 3.80. The summed E-state index contributed by atoms with van der Waals surface area (Å²) >= 11 is 0. The van der Waals surface area contributed by atoms with E-state index in [4.69, 9.17) is 4.74 Å². The SMILES string of the molecule is COCc1ccc(CNCC2(O)CCCC2)cc1. The Morgan fingerprint density at radius 1 is 1.17 bits per heavy atom. The van der Waals surface area contributed by atoms with Crippen molar-refractivity contribution in [3.63, 3.8) is 0 Å². The molecule has 3 heteroatoms. The average Bonchev–Trinajstić information content (AvgIpc) is 2.79. The summed E-state index contributed by atoms with van der Waals surface area (Å²) in [5.41, 5.74) is 1.97. The Kier molecular flexibility index (Phi) is 4.75. The molecule has 0 radical (unpaired) electrons. The Bertz CT molecular complexity index is 355. The van der Waals surface area contributed by atoms with Gasteiger partial charge in [-0.15, -0.1) is 0 Å². The lowest BCUT2D eigenvalue weighted by Crippen LogP contribution is -2.37. The predicted molar refractivity (Wildman–Crippen MR) is 72.3 cm³/mol. The summed E-state index contributed by atoms with van der Waals surface area (Å²) in [6, 6.07) is 8.40. The molecular formula is C15H23NO2. The molecule has 0 atom stereocenters. The normalized spacial score (nSPS) is 18.1. The van der Waals surface area contributed by atoms with Crippen molar-refractivity contribution in [3.8, 4) is 0 Å². The lowest BCUT2D eigenvalue weighted by atomic mass is 10.0. The summed E-state index contributed by atoms with van der Waals surface area (Å²) in [7, 11) is 1.71. The molecule has 3 nitrogen and oxygen atoms in total. The Morgan fingerprint density at radius 2 is 1.78 bits per heavy atom. The first-order valence-corrected chi connectivity index (χ1v) is 6.72. The van der Waals surface area contributed by atoms with Crippen molar-refractivity contribution in [2.75, 3.05) is 13.7 Å². The predicted octanol–water partition coefficient (Wildman–Crippen LogP) is 2.23. The van der Waals surface area contributed by atoms with Gasteiger partial charge in [0.25, 0.3) is 0 Å². The lowest BCUT2D eigenvalue weighted by molar-refractivity contribution is 0.0475. The third-order valence-corrected chi connectivity index (χ3v) is 3.65. The van der Waals surface area contributed by atoms with Gasteiger partial charge in [-0.05, 0) is 24.0 Å². The van der Waals surface area contributed by atoms with E-state index in [9.17, 15) is 5.11 Å². The van der Waals surface area contributed by atoms with Crippen molar-refractivity contribution >= 4 is 0 Å². The molecule has 1 saturated carbocycles. The zero-order valence-corrected chi connectivity index (χ0v) is 11.1. The number of rotatable bonds is 6. The van der Waals surface area contributed by atoms with Gasteiger partial charge in [0.2, 0.25) is 0 Å². The number of aliphatic hydroxyl groups is 1. The van der Waals surface area contributed by atoms with Crippen LogP contribution in [0.25, 0.3) is 0 Å². The average molecular weight is 249 g/mol. The Labute approximate surface area is 109 Å². The van der Waals surface area contributed by atoms with Gasteiger partial charge in [0, 0.05) is 20.2 Å². The maximum atomic E-state index is 10.2. The van der Waals surface area contributed by atoms with E-state index in [0.717, 1.165) is 32.2 Å². The second kappa shape index (κ2) is 6.32. The van der Waals surface area contributed by atoms with E-state index in [2.05, 4.69) is 29.6 Å². The van der Waals surface area contributed by atoms with Crippen LogP contribution in [-0.2, 0) is 17.9 Å². The van der Waals surface area contributed by atoms with Gasteiger partial charge in [-0.1, -0.05) is 37.1 Å². The quantitative estimate of drug-likeness (QED) is 0.812. The van der Waals surface area contributed by atoms with Crippen LogP contribution < -0.4 is 5.32 Å². The molecule has 0 aliphatic heterocycles. The van der Waals surface area contributed by atoms with Crippen molar-refractivity contribution in [1.82, 2.24) is 5.32 Å². The van der Waals surface area contributed by atoms with Gasteiger partial charge >= 0.3 is 0 Å². The fourth-order valence-electron chi connectivity index (χ4n) is 2.57. The Morgan fingerprint density at radius 3 is 2.39 bits per heavy atom. The van der Waals surface area contributed by atoms with Gasteiger partial charge in [-0.3, -0.25) is 0 Å². The summed E-state index contributed by atoms with van der Waals surface area (Å²) in [4.78, 5) is 0. The number of ether oxygens (including phenoxy) is 1. The molecule has 0 unspecified atom stereocenters. The molecule has 1 aromatic rings. The second-order valence-electron chi connectivity index (χ2n) is 5.28. The molecule has 18 heavy (non-hydrogen) atoms. The van der Waals surface area contributed by atoms with Crippen LogP contribution in [-0.4, -0.2) is 24.4 Å². The molecule has 100 valence electrons. The highest BCUT2D eigenvalue weighted by molar-refractivity contribution is 5.21. The Hall–Kier alpha value is -0.900. The van der Waals surface area contributed by atoms with E-state index in [1.807, 2.05) is 0 Å². The number of benzene rings is 1. The molecule has 0 spiro atoms. The summed E-state index contributed by atoms with van der Waals surface area (Å²) in [6.07, 6.45) is 4.19. The van der Waals surface area contributed by atoms with Crippen LogP contribution in [0.1, 0.15) is 36.8 Å². The third-order valence-electron chi connectivity index (χ3n) is 3.65. The molecule has 0 aromatic heterocycles. The Balaban J connectivity index is 1.76. The summed E-state index contributed by atoms with van der Waals surface area (Å²) in [5.74, 6) is 0. The van der Waals surface area contributed by atoms with Crippen molar-refractivity contribution < 1.29 is 9.84 Å². The van der Waals surface area contributed by atoms with Gasteiger partial charge in [-0.25, -0.2) is 0 Å². The smallest absolute Gasteiger partial charge is 0.0771 e. The molecule has 2 rings (SSSR count). The van der Waals surface area contributed by atoms with Gasteiger partial charge in [0.1, 0.15) is 0 Å². The molecule has 0 saturated heterocycles. The van der Waals surface area contributed by atoms with Gasteiger partial charge in [0.15, 0.2) is 0 Å². The molecule has 1 aromatic carbocycles. The molecule has 1 aliphatic rings.